The minimum atomic E-state index is -0.784. The normalized spacial score (nSPS) is 26.8. The van der Waals surface area contributed by atoms with Gasteiger partial charge in [0.25, 0.3) is 0 Å². The standard InChI is InChI=1S/C23H28O5S/c1-3-29-23-21(28-22(25)18-12-8-5-9-13-18)16(2)20(24)19(27-23)15-26-14-17-10-6-4-7-11-17/h4-13,16,19-21,23-24H,3,14-15H2,1-2H3. The van der Waals surface area contributed by atoms with Crippen LogP contribution in [0.25, 0.3) is 0 Å². The summed E-state index contributed by atoms with van der Waals surface area (Å²) in [5.41, 5.74) is 1.21. The molecule has 2 aromatic carbocycles. The van der Waals surface area contributed by atoms with E-state index in [1.54, 1.807) is 36.0 Å². The third-order valence-corrected chi connectivity index (χ3v) is 6.03. The molecule has 0 aromatic heterocycles. The average molecular weight is 417 g/mol. The second-order valence-electron chi connectivity index (χ2n) is 7.08. The van der Waals surface area contributed by atoms with Gasteiger partial charge in [-0.05, 0) is 23.4 Å². The number of esters is 1. The van der Waals surface area contributed by atoms with E-state index in [2.05, 4.69) is 0 Å². The van der Waals surface area contributed by atoms with Crippen molar-refractivity contribution in [2.75, 3.05) is 12.4 Å². The maximum absolute atomic E-state index is 12.5. The van der Waals surface area contributed by atoms with Gasteiger partial charge in [0.15, 0.2) is 0 Å². The summed E-state index contributed by atoms with van der Waals surface area (Å²) in [6.07, 6.45) is -1.79. The first kappa shape index (κ1) is 21.8. The molecule has 156 valence electrons. The molecule has 1 N–H and O–H groups in total. The van der Waals surface area contributed by atoms with E-state index in [1.165, 1.54) is 0 Å². The number of carbonyl (C=O) groups is 1. The summed E-state index contributed by atoms with van der Waals surface area (Å²) in [7, 11) is 0. The highest BCUT2D eigenvalue weighted by atomic mass is 32.2. The number of aliphatic hydroxyl groups is 1. The van der Waals surface area contributed by atoms with Crippen LogP contribution in [0.1, 0.15) is 29.8 Å². The number of hydrogen-bond acceptors (Lipinski definition) is 6. The van der Waals surface area contributed by atoms with Crippen LogP contribution in [0.3, 0.4) is 0 Å². The molecule has 0 amide bonds. The molecule has 3 rings (SSSR count). The van der Waals surface area contributed by atoms with E-state index in [9.17, 15) is 9.90 Å². The summed E-state index contributed by atoms with van der Waals surface area (Å²) in [5.74, 6) is 0.134. The van der Waals surface area contributed by atoms with Crippen molar-refractivity contribution in [2.45, 2.75) is 44.2 Å². The van der Waals surface area contributed by atoms with Gasteiger partial charge in [0.1, 0.15) is 17.6 Å². The zero-order valence-electron chi connectivity index (χ0n) is 16.8. The van der Waals surface area contributed by atoms with Crippen LogP contribution in [0.5, 0.6) is 0 Å². The van der Waals surface area contributed by atoms with Crippen LogP contribution in [0.2, 0.25) is 0 Å². The van der Waals surface area contributed by atoms with Crippen LogP contribution < -0.4 is 0 Å². The van der Waals surface area contributed by atoms with E-state index in [1.807, 2.05) is 50.2 Å². The SMILES string of the molecule is CCSC1OC(COCc2ccccc2)C(O)C(C)C1OC(=O)c1ccccc1. The first-order chi connectivity index (χ1) is 14.1. The number of hydrogen-bond donors (Lipinski definition) is 1. The Bertz CT molecular complexity index is 754. The van der Waals surface area contributed by atoms with Gasteiger partial charge in [-0.3, -0.25) is 0 Å². The molecule has 5 nitrogen and oxygen atoms in total. The van der Waals surface area contributed by atoms with Crippen LogP contribution in [0, 0.1) is 5.92 Å². The molecule has 1 aliphatic rings. The Kier molecular flexibility index (Phi) is 8.12. The molecular weight excluding hydrogens is 388 g/mol. The van der Waals surface area contributed by atoms with Gasteiger partial charge in [0.2, 0.25) is 0 Å². The van der Waals surface area contributed by atoms with E-state index in [0.29, 0.717) is 12.2 Å². The molecule has 1 aliphatic heterocycles. The van der Waals surface area contributed by atoms with Crippen LogP contribution >= 0.6 is 11.8 Å². The fourth-order valence-corrected chi connectivity index (χ4v) is 4.39. The molecule has 1 saturated heterocycles. The van der Waals surface area contributed by atoms with E-state index in [0.717, 1.165) is 11.3 Å². The Morgan fingerprint density at radius 3 is 2.41 bits per heavy atom. The van der Waals surface area contributed by atoms with Gasteiger partial charge in [0, 0.05) is 5.92 Å². The molecule has 0 spiro atoms. The van der Waals surface area contributed by atoms with Crippen LogP contribution in [-0.2, 0) is 20.8 Å². The van der Waals surface area contributed by atoms with Crippen LogP contribution in [0.15, 0.2) is 60.7 Å². The highest BCUT2D eigenvalue weighted by Crippen LogP contribution is 2.34. The highest BCUT2D eigenvalue weighted by Gasteiger charge is 2.45. The van der Waals surface area contributed by atoms with Crippen molar-refractivity contribution >= 4 is 17.7 Å². The average Bonchev–Trinajstić information content (AvgIpc) is 2.75. The molecule has 2 aromatic rings. The Morgan fingerprint density at radius 2 is 1.76 bits per heavy atom. The molecule has 0 bridgehead atoms. The molecule has 1 heterocycles. The number of carbonyl (C=O) groups excluding carboxylic acids is 1. The maximum atomic E-state index is 12.5. The molecular formula is C23H28O5S. The van der Waals surface area contributed by atoms with Gasteiger partial charge < -0.3 is 19.3 Å². The zero-order chi connectivity index (χ0) is 20.6. The number of aliphatic hydroxyl groups excluding tert-OH is 1. The van der Waals surface area contributed by atoms with E-state index in [-0.39, 0.29) is 18.0 Å². The molecule has 0 aliphatic carbocycles. The Hall–Kier alpha value is -1.86. The zero-order valence-corrected chi connectivity index (χ0v) is 17.6. The Labute approximate surface area is 176 Å². The lowest BCUT2D eigenvalue weighted by Gasteiger charge is -2.42. The maximum Gasteiger partial charge on any atom is 0.338 e. The van der Waals surface area contributed by atoms with E-state index >= 15 is 0 Å². The number of ether oxygens (including phenoxy) is 3. The van der Waals surface area contributed by atoms with E-state index in [4.69, 9.17) is 14.2 Å². The van der Waals surface area contributed by atoms with Crippen molar-refractivity contribution in [3.8, 4) is 0 Å². The lowest BCUT2D eigenvalue weighted by Crippen LogP contribution is -2.55. The Balaban J connectivity index is 1.62. The van der Waals surface area contributed by atoms with Crippen molar-refractivity contribution in [2.24, 2.45) is 5.92 Å². The molecule has 0 saturated carbocycles. The Morgan fingerprint density at radius 1 is 1.10 bits per heavy atom. The summed E-state index contributed by atoms with van der Waals surface area (Å²) in [4.78, 5) is 12.5. The van der Waals surface area contributed by atoms with E-state index < -0.39 is 24.3 Å². The predicted molar refractivity (Wildman–Crippen MR) is 114 cm³/mol. The third kappa shape index (κ3) is 5.82. The van der Waals surface area contributed by atoms with Crippen molar-refractivity contribution in [1.82, 2.24) is 0 Å². The minimum absolute atomic E-state index is 0.272. The smallest absolute Gasteiger partial charge is 0.338 e. The fourth-order valence-electron chi connectivity index (χ4n) is 3.34. The van der Waals surface area contributed by atoms with Crippen molar-refractivity contribution in [3.63, 3.8) is 0 Å². The van der Waals surface area contributed by atoms with Crippen molar-refractivity contribution in [3.05, 3.63) is 71.8 Å². The second-order valence-corrected chi connectivity index (χ2v) is 8.46. The summed E-state index contributed by atoms with van der Waals surface area (Å²) in [5, 5.41) is 10.8. The van der Waals surface area contributed by atoms with Crippen LogP contribution in [-0.4, -0.2) is 47.2 Å². The molecule has 0 radical (unpaired) electrons. The lowest BCUT2D eigenvalue weighted by atomic mass is 9.91. The summed E-state index contributed by atoms with van der Waals surface area (Å²) in [6.45, 7) is 4.66. The number of thioether (sulfide) groups is 1. The highest BCUT2D eigenvalue weighted by molar-refractivity contribution is 7.99. The molecule has 29 heavy (non-hydrogen) atoms. The van der Waals surface area contributed by atoms with Gasteiger partial charge in [-0.15, -0.1) is 11.8 Å². The molecule has 5 unspecified atom stereocenters. The first-order valence-corrected chi connectivity index (χ1v) is 11.0. The predicted octanol–water partition coefficient (Wildman–Crippen LogP) is 3.90. The van der Waals surface area contributed by atoms with Crippen molar-refractivity contribution in [1.29, 1.82) is 0 Å². The number of benzene rings is 2. The van der Waals surface area contributed by atoms with Gasteiger partial charge in [-0.25, -0.2) is 4.79 Å². The van der Waals surface area contributed by atoms with Gasteiger partial charge >= 0.3 is 5.97 Å². The topological polar surface area (TPSA) is 65.0 Å². The van der Waals surface area contributed by atoms with Gasteiger partial charge in [0.05, 0.1) is 24.9 Å². The first-order valence-electron chi connectivity index (χ1n) is 9.93. The summed E-state index contributed by atoms with van der Waals surface area (Å²) >= 11 is 1.57. The summed E-state index contributed by atoms with van der Waals surface area (Å²) < 4.78 is 17.7. The molecule has 1 fully saturated rings. The fraction of sp³-hybridized carbons (Fsp3) is 0.435. The second kappa shape index (κ2) is 10.8. The third-order valence-electron chi connectivity index (χ3n) is 4.99. The van der Waals surface area contributed by atoms with Crippen molar-refractivity contribution < 1.29 is 24.1 Å². The minimum Gasteiger partial charge on any atom is -0.455 e. The quantitative estimate of drug-likeness (QED) is 0.659. The number of rotatable bonds is 8. The van der Waals surface area contributed by atoms with Gasteiger partial charge in [-0.1, -0.05) is 62.4 Å². The largest absolute Gasteiger partial charge is 0.455 e. The summed E-state index contributed by atoms with van der Waals surface area (Å²) in [6, 6.07) is 18.8. The monoisotopic (exact) mass is 416 g/mol. The molecule has 5 atom stereocenters. The molecule has 6 heteroatoms. The van der Waals surface area contributed by atoms with Gasteiger partial charge in [-0.2, -0.15) is 0 Å². The lowest BCUT2D eigenvalue weighted by molar-refractivity contribution is -0.185. The van der Waals surface area contributed by atoms with Crippen LogP contribution in [0.4, 0.5) is 0 Å².